The third-order valence-corrected chi connectivity index (χ3v) is 3.88. The highest BCUT2D eigenvalue weighted by atomic mass is 16.5. The minimum atomic E-state index is -0.0935. The van der Waals surface area contributed by atoms with Crippen LogP contribution in [0.25, 0.3) is 0 Å². The molecule has 0 saturated carbocycles. The van der Waals surface area contributed by atoms with E-state index in [1.807, 2.05) is 31.2 Å². The maximum atomic E-state index is 11.3. The molecule has 1 aromatic rings. The normalized spacial score (nSPS) is 16.4. The smallest absolute Gasteiger partial charge is 0.305 e. The van der Waals surface area contributed by atoms with Gasteiger partial charge in [-0.15, -0.1) is 0 Å². The van der Waals surface area contributed by atoms with Gasteiger partial charge in [0.05, 0.1) is 6.61 Å². The number of nitrogen functional groups attached to an aromatic ring is 1. The van der Waals surface area contributed by atoms with Gasteiger partial charge in [0.25, 0.3) is 0 Å². The number of carbonyl (C=O) groups excluding carboxylic acids is 1. The molecule has 122 valence electrons. The van der Waals surface area contributed by atoms with Crippen molar-refractivity contribution in [2.24, 2.45) is 0 Å². The number of benzene rings is 1. The van der Waals surface area contributed by atoms with Gasteiger partial charge in [0.15, 0.2) is 0 Å². The second-order valence-electron chi connectivity index (χ2n) is 5.64. The second-order valence-corrected chi connectivity index (χ2v) is 5.64. The highest BCUT2D eigenvalue weighted by molar-refractivity contribution is 5.69. The van der Waals surface area contributed by atoms with E-state index in [2.05, 4.69) is 4.90 Å². The first-order chi connectivity index (χ1) is 10.7. The van der Waals surface area contributed by atoms with Gasteiger partial charge in [-0.05, 0) is 57.0 Å². The number of ether oxygens (including phenoxy) is 2. The van der Waals surface area contributed by atoms with Gasteiger partial charge in [0.1, 0.15) is 11.9 Å². The van der Waals surface area contributed by atoms with Gasteiger partial charge in [-0.1, -0.05) is 0 Å². The molecule has 0 radical (unpaired) electrons. The number of nitrogens with two attached hydrogens (primary N) is 1. The number of nitrogens with zero attached hydrogens (tertiary/aromatic N) is 1. The van der Waals surface area contributed by atoms with Crippen LogP contribution in [0.3, 0.4) is 0 Å². The first-order valence-corrected chi connectivity index (χ1v) is 8.07. The van der Waals surface area contributed by atoms with Gasteiger partial charge in [-0.2, -0.15) is 0 Å². The summed E-state index contributed by atoms with van der Waals surface area (Å²) in [5.74, 6) is 0.791. The average molecular weight is 306 g/mol. The SMILES string of the molecule is CCOC(=O)CCCN1CCC(Oc2ccc(N)cc2)CC1. The van der Waals surface area contributed by atoms with Gasteiger partial charge in [0.2, 0.25) is 0 Å². The Morgan fingerprint density at radius 2 is 1.95 bits per heavy atom. The second kappa shape index (κ2) is 8.63. The first-order valence-electron chi connectivity index (χ1n) is 8.07. The first kappa shape index (κ1) is 16.6. The largest absolute Gasteiger partial charge is 0.490 e. The van der Waals surface area contributed by atoms with Crippen LogP contribution in [0.15, 0.2) is 24.3 Å². The minimum Gasteiger partial charge on any atom is -0.490 e. The van der Waals surface area contributed by atoms with E-state index >= 15 is 0 Å². The van der Waals surface area contributed by atoms with Gasteiger partial charge in [0, 0.05) is 25.2 Å². The predicted molar refractivity (Wildman–Crippen MR) is 86.8 cm³/mol. The molecule has 0 spiro atoms. The molecule has 22 heavy (non-hydrogen) atoms. The van der Waals surface area contributed by atoms with E-state index in [9.17, 15) is 4.79 Å². The molecular formula is C17H26N2O3. The predicted octanol–water partition coefficient (Wildman–Crippen LogP) is 2.46. The van der Waals surface area contributed by atoms with E-state index in [0.717, 1.165) is 50.3 Å². The van der Waals surface area contributed by atoms with Crippen LogP contribution in [0.4, 0.5) is 5.69 Å². The standard InChI is InChI=1S/C17H26N2O3/c1-2-21-17(20)4-3-11-19-12-9-16(10-13-19)22-15-7-5-14(18)6-8-15/h5-8,16H,2-4,9-13,18H2,1H3. The molecule has 1 aromatic carbocycles. The summed E-state index contributed by atoms with van der Waals surface area (Å²) in [6, 6.07) is 7.56. The van der Waals surface area contributed by atoms with Crippen LogP contribution >= 0.6 is 0 Å². The van der Waals surface area contributed by atoms with Crippen molar-refractivity contribution in [3.05, 3.63) is 24.3 Å². The zero-order chi connectivity index (χ0) is 15.8. The van der Waals surface area contributed by atoms with Crippen molar-refractivity contribution >= 4 is 11.7 Å². The van der Waals surface area contributed by atoms with Crippen LogP contribution in [0.2, 0.25) is 0 Å². The molecule has 0 amide bonds. The Balaban J connectivity index is 1.63. The number of rotatable bonds is 7. The number of likely N-dealkylation sites (tertiary alicyclic amines) is 1. The molecule has 1 aliphatic heterocycles. The van der Waals surface area contributed by atoms with E-state index in [1.165, 1.54) is 0 Å². The van der Waals surface area contributed by atoms with Gasteiger partial charge >= 0.3 is 5.97 Å². The number of esters is 1. The molecular weight excluding hydrogens is 280 g/mol. The number of hydrogen-bond donors (Lipinski definition) is 1. The van der Waals surface area contributed by atoms with Crippen LogP contribution in [0.1, 0.15) is 32.6 Å². The summed E-state index contributed by atoms with van der Waals surface area (Å²) in [7, 11) is 0. The number of piperidine rings is 1. The molecule has 2 N–H and O–H groups in total. The molecule has 5 heteroatoms. The fourth-order valence-electron chi connectivity index (χ4n) is 2.67. The lowest BCUT2D eigenvalue weighted by molar-refractivity contribution is -0.143. The van der Waals surface area contributed by atoms with E-state index < -0.39 is 0 Å². The summed E-state index contributed by atoms with van der Waals surface area (Å²) < 4.78 is 10.9. The summed E-state index contributed by atoms with van der Waals surface area (Å²) in [6.45, 7) is 5.29. The number of hydrogen-bond acceptors (Lipinski definition) is 5. The Morgan fingerprint density at radius 1 is 1.27 bits per heavy atom. The zero-order valence-corrected chi connectivity index (χ0v) is 13.3. The molecule has 0 aromatic heterocycles. The Morgan fingerprint density at radius 3 is 2.59 bits per heavy atom. The van der Waals surface area contributed by atoms with Crippen molar-refractivity contribution < 1.29 is 14.3 Å². The molecule has 2 rings (SSSR count). The van der Waals surface area contributed by atoms with Crippen molar-refractivity contribution in [1.82, 2.24) is 4.90 Å². The summed E-state index contributed by atoms with van der Waals surface area (Å²) in [4.78, 5) is 13.7. The highest BCUT2D eigenvalue weighted by Crippen LogP contribution is 2.20. The fourth-order valence-corrected chi connectivity index (χ4v) is 2.67. The van der Waals surface area contributed by atoms with Gasteiger partial charge < -0.3 is 20.1 Å². The minimum absolute atomic E-state index is 0.0935. The molecule has 0 unspecified atom stereocenters. The third-order valence-electron chi connectivity index (χ3n) is 3.88. The molecule has 1 fully saturated rings. The highest BCUT2D eigenvalue weighted by Gasteiger charge is 2.20. The van der Waals surface area contributed by atoms with Crippen LogP contribution in [-0.2, 0) is 9.53 Å². The maximum absolute atomic E-state index is 11.3. The third kappa shape index (κ3) is 5.56. The van der Waals surface area contributed by atoms with E-state index in [1.54, 1.807) is 0 Å². The molecule has 0 atom stereocenters. The summed E-state index contributed by atoms with van der Waals surface area (Å²) in [5.41, 5.74) is 6.42. The fraction of sp³-hybridized carbons (Fsp3) is 0.588. The summed E-state index contributed by atoms with van der Waals surface area (Å²) >= 11 is 0. The zero-order valence-electron chi connectivity index (χ0n) is 13.3. The van der Waals surface area contributed by atoms with Crippen molar-refractivity contribution in [1.29, 1.82) is 0 Å². The summed E-state index contributed by atoms with van der Waals surface area (Å²) in [6.07, 6.45) is 3.68. The van der Waals surface area contributed by atoms with E-state index in [-0.39, 0.29) is 12.1 Å². The van der Waals surface area contributed by atoms with Crippen LogP contribution in [-0.4, -0.2) is 43.2 Å². The van der Waals surface area contributed by atoms with Crippen molar-refractivity contribution in [3.8, 4) is 5.75 Å². The lowest BCUT2D eigenvalue weighted by atomic mass is 10.1. The Hall–Kier alpha value is -1.75. The lowest BCUT2D eigenvalue weighted by Gasteiger charge is -2.32. The molecule has 1 saturated heterocycles. The van der Waals surface area contributed by atoms with Crippen LogP contribution < -0.4 is 10.5 Å². The molecule has 1 heterocycles. The molecule has 0 bridgehead atoms. The topological polar surface area (TPSA) is 64.8 Å². The monoisotopic (exact) mass is 306 g/mol. The van der Waals surface area contributed by atoms with Gasteiger partial charge in [-0.3, -0.25) is 4.79 Å². The Labute approximate surface area is 132 Å². The number of anilines is 1. The van der Waals surface area contributed by atoms with Crippen molar-refractivity contribution in [2.75, 3.05) is 32.0 Å². The quantitative estimate of drug-likeness (QED) is 0.619. The Bertz CT molecular complexity index is 453. The molecule has 0 aliphatic carbocycles. The maximum Gasteiger partial charge on any atom is 0.305 e. The van der Waals surface area contributed by atoms with Crippen molar-refractivity contribution in [2.45, 2.75) is 38.7 Å². The van der Waals surface area contributed by atoms with Gasteiger partial charge in [-0.25, -0.2) is 0 Å². The lowest BCUT2D eigenvalue weighted by Crippen LogP contribution is -2.38. The van der Waals surface area contributed by atoms with Crippen LogP contribution in [0, 0.1) is 0 Å². The van der Waals surface area contributed by atoms with E-state index in [0.29, 0.717) is 13.0 Å². The Kier molecular flexibility index (Phi) is 6.52. The average Bonchev–Trinajstić information content (AvgIpc) is 2.52. The van der Waals surface area contributed by atoms with E-state index in [4.69, 9.17) is 15.2 Å². The summed E-state index contributed by atoms with van der Waals surface area (Å²) in [5, 5.41) is 0. The molecule has 1 aliphatic rings. The molecule has 5 nitrogen and oxygen atoms in total. The van der Waals surface area contributed by atoms with Crippen molar-refractivity contribution in [3.63, 3.8) is 0 Å². The number of carbonyl (C=O) groups is 1. The van der Waals surface area contributed by atoms with Crippen LogP contribution in [0.5, 0.6) is 5.75 Å².